The Morgan fingerprint density at radius 2 is 2.12 bits per heavy atom. The van der Waals surface area contributed by atoms with Gasteiger partial charge in [0, 0.05) is 11.9 Å². The summed E-state index contributed by atoms with van der Waals surface area (Å²) in [6, 6.07) is 13.7. The first-order valence-electron chi connectivity index (χ1n) is 8.65. The Balaban J connectivity index is 1.55. The highest BCUT2D eigenvalue weighted by atomic mass is 32.1. The van der Waals surface area contributed by atoms with Crippen LogP contribution in [0.5, 0.6) is 0 Å². The topological polar surface area (TPSA) is 51.2 Å². The molecule has 0 aliphatic heterocycles. The fourth-order valence-corrected chi connectivity index (χ4v) is 3.62. The van der Waals surface area contributed by atoms with Gasteiger partial charge in [0.1, 0.15) is 0 Å². The quantitative estimate of drug-likeness (QED) is 0.674. The van der Waals surface area contributed by atoms with Crippen molar-refractivity contribution in [1.29, 1.82) is 0 Å². The van der Waals surface area contributed by atoms with E-state index in [0.717, 1.165) is 34.3 Å². The van der Waals surface area contributed by atoms with Gasteiger partial charge in [-0.05, 0) is 42.8 Å². The van der Waals surface area contributed by atoms with E-state index in [4.69, 9.17) is 9.72 Å². The third-order valence-corrected chi connectivity index (χ3v) is 5.42. The van der Waals surface area contributed by atoms with Crippen LogP contribution in [-0.4, -0.2) is 30.1 Å². The van der Waals surface area contributed by atoms with Gasteiger partial charge in [0.25, 0.3) is 5.91 Å². The lowest BCUT2D eigenvalue weighted by atomic mass is 9.96. The van der Waals surface area contributed by atoms with Crippen molar-refractivity contribution in [3.05, 3.63) is 53.4 Å². The fourth-order valence-electron chi connectivity index (χ4n) is 2.94. The van der Waals surface area contributed by atoms with Crippen LogP contribution >= 0.6 is 11.3 Å². The second-order valence-corrected chi connectivity index (χ2v) is 7.18. The van der Waals surface area contributed by atoms with E-state index in [1.165, 1.54) is 6.42 Å². The van der Waals surface area contributed by atoms with Crippen LogP contribution < -0.4 is 5.32 Å². The van der Waals surface area contributed by atoms with Gasteiger partial charge in [0.15, 0.2) is 0 Å². The average molecular weight is 352 g/mol. The minimum absolute atomic E-state index is 0.0754. The smallest absolute Gasteiger partial charge is 0.252 e. The third kappa shape index (κ3) is 3.57. The van der Waals surface area contributed by atoms with Crippen LogP contribution in [0.1, 0.15) is 29.6 Å². The standard InChI is InChI=1S/C20H20N2O2S/c23-20(21-10-11-24-14-5-3-6-14)16-13-18(19-9-4-12-25-19)22-17-8-2-1-7-15(16)17/h1-2,4,7-9,12-14H,3,5-6,10-11H2,(H,21,23). The molecule has 1 fully saturated rings. The molecule has 5 heteroatoms. The number of rotatable bonds is 6. The Kier molecular flexibility index (Phi) is 4.76. The van der Waals surface area contributed by atoms with E-state index in [2.05, 4.69) is 5.32 Å². The lowest BCUT2D eigenvalue weighted by Crippen LogP contribution is -2.30. The molecule has 0 radical (unpaired) electrons. The van der Waals surface area contributed by atoms with Crippen molar-refractivity contribution < 1.29 is 9.53 Å². The van der Waals surface area contributed by atoms with Gasteiger partial charge in [0.05, 0.1) is 34.4 Å². The van der Waals surface area contributed by atoms with Crippen molar-refractivity contribution in [2.75, 3.05) is 13.2 Å². The molecule has 25 heavy (non-hydrogen) atoms. The molecular formula is C20H20N2O2S. The zero-order chi connectivity index (χ0) is 17.1. The summed E-state index contributed by atoms with van der Waals surface area (Å²) < 4.78 is 5.71. The second-order valence-electron chi connectivity index (χ2n) is 6.23. The molecule has 2 aromatic heterocycles. The summed E-state index contributed by atoms with van der Waals surface area (Å²) >= 11 is 1.62. The Labute approximate surface area is 150 Å². The van der Waals surface area contributed by atoms with Crippen LogP contribution in [0.3, 0.4) is 0 Å². The number of hydrogen-bond acceptors (Lipinski definition) is 4. The number of nitrogens with zero attached hydrogens (tertiary/aromatic N) is 1. The van der Waals surface area contributed by atoms with Crippen LogP contribution in [0.15, 0.2) is 47.8 Å². The summed E-state index contributed by atoms with van der Waals surface area (Å²) in [7, 11) is 0. The van der Waals surface area contributed by atoms with Crippen LogP contribution in [0.25, 0.3) is 21.5 Å². The lowest BCUT2D eigenvalue weighted by Gasteiger charge is -2.25. The van der Waals surface area contributed by atoms with E-state index in [1.807, 2.05) is 47.8 Å². The fraction of sp³-hybridized carbons (Fsp3) is 0.300. The van der Waals surface area contributed by atoms with E-state index in [0.29, 0.717) is 24.8 Å². The molecule has 0 unspecified atom stereocenters. The molecule has 1 aliphatic rings. The Bertz CT molecular complexity index is 873. The van der Waals surface area contributed by atoms with Crippen molar-refractivity contribution in [2.45, 2.75) is 25.4 Å². The van der Waals surface area contributed by atoms with Crippen molar-refractivity contribution in [1.82, 2.24) is 10.3 Å². The number of carbonyl (C=O) groups is 1. The summed E-state index contributed by atoms with van der Waals surface area (Å²) in [5.41, 5.74) is 2.34. The lowest BCUT2D eigenvalue weighted by molar-refractivity contribution is 0.00441. The highest BCUT2D eigenvalue weighted by Gasteiger charge is 2.18. The van der Waals surface area contributed by atoms with Gasteiger partial charge in [-0.2, -0.15) is 0 Å². The molecule has 0 spiro atoms. The number of para-hydroxylation sites is 1. The summed E-state index contributed by atoms with van der Waals surface area (Å²) in [5.74, 6) is -0.0754. The summed E-state index contributed by atoms with van der Waals surface area (Å²) in [4.78, 5) is 18.5. The molecule has 0 saturated heterocycles. The maximum atomic E-state index is 12.7. The van der Waals surface area contributed by atoms with Gasteiger partial charge < -0.3 is 10.1 Å². The first-order chi connectivity index (χ1) is 12.3. The zero-order valence-electron chi connectivity index (χ0n) is 13.9. The summed E-state index contributed by atoms with van der Waals surface area (Å²) in [6.07, 6.45) is 3.94. The van der Waals surface area contributed by atoms with E-state index >= 15 is 0 Å². The van der Waals surface area contributed by atoms with E-state index in [-0.39, 0.29) is 5.91 Å². The molecule has 1 N–H and O–H groups in total. The molecule has 0 bridgehead atoms. The average Bonchev–Trinajstić information content (AvgIpc) is 3.13. The number of ether oxygens (including phenoxy) is 1. The maximum absolute atomic E-state index is 12.7. The van der Waals surface area contributed by atoms with E-state index in [9.17, 15) is 4.79 Å². The number of amides is 1. The minimum atomic E-state index is -0.0754. The molecule has 1 saturated carbocycles. The number of aromatic nitrogens is 1. The number of pyridine rings is 1. The SMILES string of the molecule is O=C(NCCOC1CCC1)c1cc(-c2cccs2)nc2ccccc12. The number of thiophene rings is 1. The van der Waals surface area contributed by atoms with E-state index in [1.54, 1.807) is 11.3 Å². The summed E-state index contributed by atoms with van der Waals surface area (Å²) in [5, 5.41) is 5.87. The molecule has 128 valence electrons. The highest BCUT2D eigenvalue weighted by Crippen LogP contribution is 2.27. The molecule has 1 aromatic carbocycles. The molecule has 1 amide bonds. The van der Waals surface area contributed by atoms with Gasteiger partial charge >= 0.3 is 0 Å². The number of benzene rings is 1. The number of carbonyl (C=O) groups excluding carboxylic acids is 1. The monoisotopic (exact) mass is 352 g/mol. The maximum Gasteiger partial charge on any atom is 0.252 e. The Morgan fingerprint density at radius 1 is 1.24 bits per heavy atom. The summed E-state index contributed by atoms with van der Waals surface area (Å²) in [6.45, 7) is 1.09. The number of fused-ring (bicyclic) bond motifs is 1. The van der Waals surface area contributed by atoms with Gasteiger partial charge in [-0.15, -0.1) is 11.3 Å². The minimum Gasteiger partial charge on any atom is -0.376 e. The van der Waals surface area contributed by atoms with Gasteiger partial charge in [-0.3, -0.25) is 4.79 Å². The molecule has 0 atom stereocenters. The van der Waals surface area contributed by atoms with Crippen LogP contribution in [0.4, 0.5) is 0 Å². The number of hydrogen-bond donors (Lipinski definition) is 1. The van der Waals surface area contributed by atoms with Crippen LogP contribution in [-0.2, 0) is 4.74 Å². The molecule has 3 aromatic rings. The van der Waals surface area contributed by atoms with Crippen molar-refractivity contribution in [2.24, 2.45) is 0 Å². The van der Waals surface area contributed by atoms with E-state index < -0.39 is 0 Å². The van der Waals surface area contributed by atoms with Crippen molar-refractivity contribution >= 4 is 28.1 Å². The van der Waals surface area contributed by atoms with Gasteiger partial charge in [-0.1, -0.05) is 24.3 Å². The van der Waals surface area contributed by atoms with Crippen LogP contribution in [0.2, 0.25) is 0 Å². The first kappa shape index (κ1) is 16.2. The van der Waals surface area contributed by atoms with Gasteiger partial charge in [0.2, 0.25) is 0 Å². The van der Waals surface area contributed by atoms with Gasteiger partial charge in [-0.25, -0.2) is 4.98 Å². The predicted octanol–water partition coefficient (Wildman–Crippen LogP) is 4.26. The largest absolute Gasteiger partial charge is 0.376 e. The van der Waals surface area contributed by atoms with Crippen LogP contribution in [0, 0.1) is 0 Å². The predicted molar refractivity (Wildman–Crippen MR) is 101 cm³/mol. The normalized spacial score (nSPS) is 14.4. The Hall–Kier alpha value is -2.24. The number of nitrogens with one attached hydrogen (secondary N) is 1. The van der Waals surface area contributed by atoms with Crippen molar-refractivity contribution in [3.63, 3.8) is 0 Å². The highest BCUT2D eigenvalue weighted by molar-refractivity contribution is 7.13. The molecule has 4 nitrogen and oxygen atoms in total. The zero-order valence-corrected chi connectivity index (χ0v) is 14.7. The second kappa shape index (κ2) is 7.33. The third-order valence-electron chi connectivity index (χ3n) is 4.53. The molecule has 2 heterocycles. The Morgan fingerprint density at radius 3 is 2.88 bits per heavy atom. The van der Waals surface area contributed by atoms with Crippen molar-refractivity contribution in [3.8, 4) is 10.6 Å². The molecule has 4 rings (SSSR count). The first-order valence-corrected chi connectivity index (χ1v) is 9.53. The molecule has 1 aliphatic carbocycles. The molecular weight excluding hydrogens is 332 g/mol.